The summed E-state index contributed by atoms with van der Waals surface area (Å²) in [5, 5.41) is 2.61. The van der Waals surface area contributed by atoms with Crippen LogP contribution in [0.3, 0.4) is 0 Å². The second kappa shape index (κ2) is 5.05. The van der Waals surface area contributed by atoms with Crippen molar-refractivity contribution in [1.82, 2.24) is 9.78 Å². The number of hydrogen-bond acceptors (Lipinski definition) is 2. The van der Waals surface area contributed by atoms with Gasteiger partial charge < -0.3 is 5.73 Å². The fraction of sp³-hybridized carbons (Fsp3) is 0.182. The molecule has 0 aromatic carbocycles. The molecule has 80 valence electrons. The minimum Gasteiger partial charge on any atom is -0.384 e. The normalized spacial score (nSPS) is 12.2. The van der Waals surface area contributed by atoms with Gasteiger partial charge in [0, 0.05) is 6.07 Å². The molecule has 0 radical (unpaired) electrons. The number of nitrogens with zero attached hydrogens (tertiary/aromatic N) is 1. The third-order valence-corrected chi connectivity index (χ3v) is 1.83. The van der Waals surface area contributed by atoms with Crippen molar-refractivity contribution >= 4 is 11.5 Å². The fourth-order valence-corrected chi connectivity index (χ4v) is 1.18. The van der Waals surface area contributed by atoms with Crippen LogP contribution in [0.5, 0.6) is 0 Å². The summed E-state index contributed by atoms with van der Waals surface area (Å²) in [6.07, 6.45) is 8.20. The Hall–Kier alpha value is -1.97. The molecule has 0 amide bonds. The molecule has 0 unspecified atom stereocenters. The molecule has 4 nitrogen and oxygen atoms in total. The van der Waals surface area contributed by atoms with Gasteiger partial charge in [0.2, 0.25) is 0 Å². The Bertz CT molecular complexity index is 449. The van der Waals surface area contributed by atoms with Crippen LogP contribution in [0.25, 0.3) is 5.70 Å². The number of hydrogen-bond donors (Lipinski definition) is 2. The Kier molecular flexibility index (Phi) is 3.74. The third-order valence-electron chi connectivity index (χ3n) is 1.83. The lowest BCUT2D eigenvalue weighted by atomic mass is 10.3. The highest BCUT2D eigenvalue weighted by atomic mass is 16.1. The minimum absolute atomic E-state index is 0.215. The van der Waals surface area contributed by atoms with Crippen molar-refractivity contribution in [1.29, 1.82) is 0 Å². The van der Waals surface area contributed by atoms with Gasteiger partial charge in [-0.3, -0.25) is 9.89 Å². The summed E-state index contributed by atoms with van der Waals surface area (Å²) in [5.41, 5.74) is 6.24. The number of nitrogen functional groups attached to an aromatic ring is 1. The largest absolute Gasteiger partial charge is 0.384 e. The van der Waals surface area contributed by atoms with Crippen molar-refractivity contribution in [2.24, 2.45) is 0 Å². The average Bonchev–Trinajstić information content (AvgIpc) is 2.52. The predicted molar refractivity (Wildman–Crippen MR) is 63.4 cm³/mol. The van der Waals surface area contributed by atoms with E-state index in [0.717, 1.165) is 12.1 Å². The molecular formula is C11H15N3O. The summed E-state index contributed by atoms with van der Waals surface area (Å²) in [6.45, 7) is 5.65. The van der Waals surface area contributed by atoms with Gasteiger partial charge in [-0.2, -0.15) is 0 Å². The SMILES string of the molecule is C=C/C=C(\C=C/CC)n1[nH]c(=O)cc1N. The van der Waals surface area contributed by atoms with E-state index in [4.69, 9.17) is 5.73 Å². The molecule has 0 aliphatic carbocycles. The van der Waals surface area contributed by atoms with E-state index in [0.29, 0.717) is 5.82 Å². The van der Waals surface area contributed by atoms with Crippen molar-refractivity contribution in [2.45, 2.75) is 13.3 Å². The number of aromatic amines is 1. The molecule has 1 aromatic heterocycles. The first-order valence-corrected chi connectivity index (χ1v) is 4.76. The van der Waals surface area contributed by atoms with E-state index in [2.05, 4.69) is 11.7 Å². The molecule has 0 spiro atoms. The van der Waals surface area contributed by atoms with Crippen LogP contribution in [-0.2, 0) is 0 Å². The van der Waals surface area contributed by atoms with Crippen molar-refractivity contribution in [2.75, 3.05) is 5.73 Å². The lowest BCUT2D eigenvalue weighted by Crippen LogP contribution is -2.05. The quantitative estimate of drug-likeness (QED) is 0.735. The van der Waals surface area contributed by atoms with E-state index in [9.17, 15) is 4.79 Å². The van der Waals surface area contributed by atoms with Gasteiger partial charge in [-0.25, -0.2) is 4.68 Å². The zero-order chi connectivity index (χ0) is 11.3. The van der Waals surface area contributed by atoms with Gasteiger partial charge in [0.1, 0.15) is 5.82 Å². The van der Waals surface area contributed by atoms with Crippen LogP contribution < -0.4 is 11.3 Å². The van der Waals surface area contributed by atoms with Crippen LogP contribution in [0.2, 0.25) is 0 Å². The Labute approximate surface area is 88.4 Å². The topological polar surface area (TPSA) is 63.8 Å². The Morgan fingerprint density at radius 3 is 2.93 bits per heavy atom. The molecule has 1 heterocycles. The van der Waals surface area contributed by atoms with Crippen molar-refractivity contribution in [3.05, 3.63) is 47.3 Å². The fourth-order valence-electron chi connectivity index (χ4n) is 1.18. The highest BCUT2D eigenvalue weighted by molar-refractivity contribution is 5.61. The summed E-state index contributed by atoms with van der Waals surface area (Å²) in [6, 6.07) is 1.34. The highest BCUT2D eigenvalue weighted by Gasteiger charge is 2.01. The lowest BCUT2D eigenvalue weighted by Gasteiger charge is -2.04. The number of nitrogens with two attached hydrogens (primary N) is 1. The van der Waals surface area contributed by atoms with E-state index >= 15 is 0 Å². The van der Waals surface area contributed by atoms with Gasteiger partial charge in [-0.05, 0) is 18.6 Å². The molecule has 0 saturated carbocycles. The molecular weight excluding hydrogens is 190 g/mol. The summed E-state index contributed by atoms with van der Waals surface area (Å²) < 4.78 is 1.52. The van der Waals surface area contributed by atoms with Crippen LogP contribution in [-0.4, -0.2) is 9.78 Å². The van der Waals surface area contributed by atoms with Gasteiger partial charge in [0.05, 0.1) is 5.70 Å². The molecule has 1 rings (SSSR count). The van der Waals surface area contributed by atoms with E-state index in [1.165, 1.54) is 10.7 Å². The van der Waals surface area contributed by atoms with Gasteiger partial charge in [0.15, 0.2) is 0 Å². The van der Waals surface area contributed by atoms with Crippen LogP contribution in [0.1, 0.15) is 13.3 Å². The summed E-state index contributed by atoms with van der Waals surface area (Å²) in [7, 11) is 0. The monoisotopic (exact) mass is 205 g/mol. The Balaban J connectivity index is 3.15. The van der Waals surface area contributed by atoms with E-state index in [1.807, 2.05) is 19.1 Å². The van der Waals surface area contributed by atoms with Crippen LogP contribution >= 0.6 is 0 Å². The number of anilines is 1. The van der Waals surface area contributed by atoms with Crippen molar-refractivity contribution in [3.63, 3.8) is 0 Å². The number of H-pyrrole nitrogens is 1. The first kappa shape index (κ1) is 11.1. The van der Waals surface area contributed by atoms with Crippen LogP contribution in [0.4, 0.5) is 5.82 Å². The Morgan fingerprint density at radius 2 is 2.47 bits per heavy atom. The number of rotatable bonds is 4. The molecule has 15 heavy (non-hydrogen) atoms. The van der Waals surface area contributed by atoms with E-state index < -0.39 is 0 Å². The first-order valence-electron chi connectivity index (χ1n) is 4.76. The molecule has 3 N–H and O–H groups in total. The number of nitrogens with one attached hydrogen (secondary N) is 1. The molecule has 0 bridgehead atoms. The number of aromatic nitrogens is 2. The van der Waals surface area contributed by atoms with Crippen molar-refractivity contribution < 1.29 is 0 Å². The second-order valence-electron chi connectivity index (χ2n) is 3.02. The van der Waals surface area contributed by atoms with Crippen LogP contribution in [0, 0.1) is 0 Å². The van der Waals surface area contributed by atoms with E-state index in [1.54, 1.807) is 12.2 Å². The standard InChI is InChI=1S/C11H15N3O/c1-3-5-7-9(6-4-2)14-10(12)8-11(15)13-14/h4-8H,2-3,12H2,1H3,(H,13,15)/b7-5-,9-6+. The molecule has 4 heteroatoms. The average molecular weight is 205 g/mol. The van der Waals surface area contributed by atoms with Gasteiger partial charge in [0.25, 0.3) is 5.56 Å². The molecule has 0 aliphatic heterocycles. The third kappa shape index (κ3) is 2.74. The molecule has 0 aliphatic rings. The van der Waals surface area contributed by atoms with Gasteiger partial charge in [-0.15, -0.1) is 0 Å². The first-order chi connectivity index (χ1) is 7.19. The Morgan fingerprint density at radius 1 is 1.73 bits per heavy atom. The zero-order valence-electron chi connectivity index (χ0n) is 8.73. The van der Waals surface area contributed by atoms with Gasteiger partial charge >= 0.3 is 0 Å². The summed E-state index contributed by atoms with van der Waals surface area (Å²) in [5.74, 6) is 0.383. The maximum atomic E-state index is 11.1. The summed E-state index contributed by atoms with van der Waals surface area (Å²) >= 11 is 0. The predicted octanol–water partition coefficient (Wildman–Crippen LogP) is 1.75. The molecule has 0 saturated heterocycles. The summed E-state index contributed by atoms with van der Waals surface area (Å²) in [4.78, 5) is 11.1. The van der Waals surface area contributed by atoms with Crippen LogP contribution in [0.15, 0.2) is 41.7 Å². The maximum absolute atomic E-state index is 11.1. The van der Waals surface area contributed by atoms with Gasteiger partial charge in [-0.1, -0.05) is 25.7 Å². The minimum atomic E-state index is -0.215. The second-order valence-corrected chi connectivity index (χ2v) is 3.02. The molecule has 0 fully saturated rings. The van der Waals surface area contributed by atoms with Crippen molar-refractivity contribution in [3.8, 4) is 0 Å². The zero-order valence-corrected chi connectivity index (χ0v) is 8.73. The molecule has 1 aromatic rings. The number of allylic oxidation sites excluding steroid dienone is 5. The highest BCUT2D eigenvalue weighted by Crippen LogP contribution is 2.09. The van der Waals surface area contributed by atoms with E-state index in [-0.39, 0.29) is 5.56 Å². The molecule has 0 atom stereocenters. The smallest absolute Gasteiger partial charge is 0.266 e. The lowest BCUT2D eigenvalue weighted by molar-refractivity contribution is 0.900. The maximum Gasteiger partial charge on any atom is 0.266 e.